The van der Waals surface area contributed by atoms with Crippen molar-refractivity contribution < 1.29 is 13.9 Å². The maximum Gasteiger partial charge on any atom is 0.341 e. The Bertz CT molecular complexity index is 465. The number of nitrogens with two attached hydrogens (primary N) is 1. The van der Waals surface area contributed by atoms with E-state index in [0.717, 1.165) is 38.2 Å². The highest BCUT2D eigenvalue weighted by Gasteiger charge is 2.23. The number of carbonyl (C=O) groups is 1. The number of nitrogens with zero attached hydrogens (tertiary/aromatic N) is 1. The molecule has 0 spiro atoms. The zero-order valence-corrected chi connectivity index (χ0v) is 13.7. The fourth-order valence-electron chi connectivity index (χ4n) is 2.79. The normalized spacial score (nSPS) is 18.1. The first kappa shape index (κ1) is 18.0. The van der Waals surface area contributed by atoms with Crippen LogP contribution in [0, 0.1) is 12.8 Å². The van der Waals surface area contributed by atoms with Crippen molar-refractivity contribution in [3.05, 3.63) is 23.2 Å². The van der Waals surface area contributed by atoms with Gasteiger partial charge in [-0.2, -0.15) is 0 Å². The zero-order chi connectivity index (χ0) is 14.7. The summed E-state index contributed by atoms with van der Waals surface area (Å²) in [4.78, 5) is 13.9. The summed E-state index contributed by atoms with van der Waals surface area (Å²) in [6, 6.07) is 2.06. The predicted octanol–water partition coefficient (Wildman–Crippen LogP) is 2.36. The molecule has 0 amide bonds. The maximum absolute atomic E-state index is 11.5. The third-order valence-electron chi connectivity index (χ3n) is 4.13. The van der Waals surface area contributed by atoms with E-state index in [4.69, 9.17) is 14.9 Å². The van der Waals surface area contributed by atoms with Crippen LogP contribution in [0.5, 0.6) is 0 Å². The van der Waals surface area contributed by atoms with E-state index in [9.17, 15) is 4.79 Å². The van der Waals surface area contributed by atoms with Crippen LogP contribution in [0.2, 0.25) is 0 Å². The molecule has 0 radical (unpaired) electrons. The van der Waals surface area contributed by atoms with Crippen LogP contribution in [-0.4, -0.2) is 37.1 Å². The Morgan fingerprint density at radius 1 is 1.52 bits per heavy atom. The van der Waals surface area contributed by atoms with Crippen molar-refractivity contribution in [1.82, 2.24) is 4.90 Å². The molecule has 120 valence electrons. The lowest BCUT2D eigenvalue weighted by molar-refractivity contribution is 0.0599. The SMILES string of the molecule is COC(=O)c1cc(CN2CCC(C(C)N)CC2)oc1C.Cl. The van der Waals surface area contributed by atoms with E-state index in [1.54, 1.807) is 13.0 Å². The molecule has 1 aliphatic heterocycles. The van der Waals surface area contributed by atoms with E-state index < -0.39 is 0 Å². The number of esters is 1. The minimum atomic E-state index is -0.340. The van der Waals surface area contributed by atoms with Crippen LogP contribution in [0.25, 0.3) is 0 Å². The van der Waals surface area contributed by atoms with Crippen molar-refractivity contribution in [2.24, 2.45) is 11.7 Å². The van der Waals surface area contributed by atoms with Gasteiger partial charge in [0, 0.05) is 6.04 Å². The van der Waals surface area contributed by atoms with E-state index >= 15 is 0 Å². The number of piperidine rings is 1. The molecule has 2 N–H and O–H groups in total. The Morgan fingerprint density at radius 3 is 2.67 bits per heavy atom. The molecule has 0 aliphatic carbocycles. The van der Waals surface area contributed by atoms with Crippen molar-refractivity contribution in [1.29, 1.82) is 0 Å². The number of carbonyl (C=O) groups excluding carboxylic acids is 1. The zero-order valence-electron chi connectivity index (χ0n) is 12.9. The number of aryl methyl sites for hydroxylation is 1. The highest BCUT2D eigenvalue weighted by atomic mass is 35.5. The van der Waals surface area contributed by atoms with Gasteiger partial charge in [-0.25, -0.2) is 4.79 Å². The molecule has 1 unspecified atom stereocenters. The molecule has 0 bridgehead atoms. The summed E-state index contributed by atoms with van der Waals surface area (Å²) in [6.45, 7) is 6.67. The first-order valence-electron chi connectivity index (χ1n) is 7.16. The summed E-state index contributed by atoms with van der Waals surface area (Å²) >= 11 is 0. The lowest BCUT2D eigenvalue weighted by Crippen LogP contribution is -2.39. The standard InChI is InChI=1S/C15H24N2O3.ClH/c1-10(16)12-4-6-17(7-5-12)9-13-8-14(11(2)20-13)15(18)19-3;/h8,10,12H,4-7,9,16H2,1-3H3;1H. The summed E-state index contributed by atoms with van der Waals surface area (Å²) in [5, 5.41) is 0. The minimum absolute atomic E-state index is 0. The van der Waals surface area contributed by atoms with Gasteiger partial charge in [0.2, 0.25) is 0 Å². The molecule has 1 saturated heterocycles. The summed E-state index contributed by atoms with van der Waals surface area (Å²) in [6.07, 6.45) is 2.25. The third kappa shape index (κ3) is 4.46. The molecule has 1 fully saturated rings. The van der Waals surface area contributed by atoms with Crippen LogP contribution >= 0.6 is 12.4 Å². The average Bonchev–Trinajstić information content (AvgIpc) is 2.79. The van der Waals surface area contributed by atoms with Crippen LogP contribution in [0.4, 0.5) is 0 Å². The number of furan rings is 1. The smallest absolute Gasteiger partial charge is 0.341 e. The lowest BCUT2D eigenvalue weighted by atomic mass is 9.91. The van der Waals surface area contributed by atoms with Crippen molar-refractivity contribution in [2.75, 3.05) is 20.2 Å². The molecule has 2 heterocycles. The van der Waals surface area contributed by atoms with E-state index in [-0.39, 0.29) is 24.4 Å². The third-order valence-corrected chi connectivity index (χ3v) is 4.13. The molecule has 2 rings (SSSR count). The van der Waals surface area contributed by atoms with E-state index in [2.05, 4.69) is 11.8 Å². The van der Waals surface area contributed by atoms with Gasteiger partial charge in [0.1, 0.15) is 17.1 Å². The van der Waals surface area contributed by atoms with Crippen LogP contribution in [0.1, 0.15) is 41.6 Å². The Labute approximate surface area is 132 Å². The highest BCUT2D eigenvalue weighted by molar-refractivity contribution is 5.90. The van der Waals surface area contributed by atoms with Crippen LogP contribution < -0.4 is 5.73 Å². The largest absolute Gasteiger partial charge is 0.465 e. The van der Waals surface area contributed by atoms with E-state index in [0.29, 0.717) is 17.2 Å². The second-order valence-corrected chi connectivity index (χ2v) is 5.65. The van der Waals surface area contributed by atoms with E-state index in [1.807, 2.05) is 0 Å². The molecule has 1 aromatic heterocycles. The van der Waals surface area contributed by atoms with Crippen LogP contribution in [-0.2, 0) is 11.3 Å². The van der Waals surface area contributed by atoms with Gasteiger partial charge >= 0.3 is 5.97 Å². The fraction of sp³-hybridized carbons (Fsp3) is 0.667. The van der Waals surface area contributed by atoms with Gasteiger partial charge in [0.05, 0.1) is 13.7 Å². The predicted molar refractivity (Wildman–Crippen MR) is 83.7 cm³/mol. The topological polar surface area (TPSA) is 68.7 Å². The van der Waals surface area contributed by atoms with Crippen molar-refractivity contribution in [2.45, 2.75) is 39.3 Å². The highest BCUT2D eigenvalue weighted by Crippen LogP contribution is 2.23. The second-order valence-electron chi connectivity index (χ2n) is 5.65. The Morgan fingerprint density at radius 2 is 2.14 bits per heavy atom. The number of hydrogen-bond donors (Lipinski definition) is 1. The molecule has 1 aliphatic rings. The molecule has 6 heteroatoms. The lowest BCUT2D eigenvalue weighted by Gasteiger charge is -2.33. The minimum Gasteiger partial charge on any atom is -0.465 e. The number of hydrogen-bond acceptors (Lipinski definition) is 5. The average molecular weight is 317 g/mol. The Hall–Kier alpha value is -1.04. The first-order valence-corrected chi connectivity index (χ1v) is 7.16. The Kier molecular flexibility index (Phi) is 6.71. The molecule has 0 saturated carbocycles. The molecule has 1 atom stereocenters. The Balaban J connectivity index is 0.00000220. The van der Waals surface area contributed by atoms with Gasteiger partial charge in [-0.05, 0) is 51.8 Å². The number of halogens is 1. The number of rotatable bonds is 4. The summed E-state index contributed by atoms with van der Waals surface area (Å²) in [5.41, 5.74) is 6.47. The quantitative estimate of drug-likeness (QED) is 0.864. The summed E-state index contributed by atoms with van der Waals surface area (Å²) in [5.74, 6) is 1.72. The van der Waals surface area contributed by atoms with Gasteiger partial charge < -0.3 is 14.9 Å². The second kappa shape index (κ2) is 7.82. The monoisotopic (exact) mass is 316 g/mol. The summed E-state index contributed by atoms with van der Waals surface area (Å²) < 4.78 is 10.4. The van der Waals surface area contributed by atoms with Crippen LogP contribution in [0.15, 0.2) is 10.5 Å². The first-order chi connectivity index (χ1) is 9.51. The molecule has 5 nitrogen and oxygen atoms in total. The molecule has 21 heavy (non-hydrogen) atoms. The number of methoxy groups -OCH3 is 1. The maximum atomic E-state index is 11.5. The number of ether oxygens (including phenoxy) is 1. The van der Waals surface area contributed by atoms with Gasteiger partial charge in [-0.15, -0.1) is 12.4 Å². The van der Waals surface area contributed by atoms with Crippen molar-refractivity contribution in [3.8, 4) is 0 Å². The number of likely N-dealkylation sites (tertiary alicyclic amines) is 1. The molecule has 0 aromatic carbocycles. The van der Waals surface area contributed by atoms with Crippen LogP contribution in [0.3, 0.4) is 0 Å². The van der Waals surface area contributed by atoms with Gasteiger partial charge in [0.25, 0.3) is 0 Å². The summed E-state index contributed by atoms with van der Waals surface area (Å²) in [7, 11) is 1.38. The molecular formula is C15H25ClN2O3. The molecule has 1 aromatic rings. The van der Waals surface area contributed by atoms with Gasteiger partial charge in [-0.3, -0.25) is 4.90 Å². The van der Waals surface area contributed by atoms with Crippen molar-refractivity contribution >= 4 is 18.4 Å². The van der Waals surface area contributed by atoms with Gasteiger partial charge in [-0.1, -0.05) is 0 Å². The van der Waals surface area contributed by atoms with Crippen molar-refractivity contribution in [3.63, 3.8) is 0 Å². The van der Waals surface area contributed by atoms with Gasteiger partial charge in [0.15, 0.2) is 0 Å². The molecular weight excluding hydrogens is 292 g/mol. The fourth-order valence-corrected chi connectivity index (χ4v) is 2.79. The van der Waals surface area contributed by atoms with E-state index in [1.165, 1.54) is 7.11 Å².